The molecule has 1 aromatic carbocycles. The number of hydrogen-bond donors (Lipinski definition) is 1. The van der Waals surface area contributed by atoms with Gasteiger partial charge in [-0.2, -0.15) is 0 Å². The van der Waals surface area contributed by atoms with Crippen molar-refractivity contribution in [1.82, 2.24) is 9.80 Å². The summed E-state index contributed by atoms with van der Waals surface area (Å²) in [6.45, 7) is 9.87. The van der Waals surface area contributed by atoms with E-state index < -0.39 is 6.10 Å². The molecule has 2 saturated heterocycles. The van der Waals surface area contributed by atoms with Gasteiger partial charge in [0.1, 0.15) is 12.7 Å². The summed E-state index contributed by atoms with van der Waals surface area (Å²) >= 11 is 0. The van der Waals surface area contributed by atoms with E-state index in [-0.39, 0.29) is 5.54 Å². The van der Waals surface area contributed by atoms with Gasteiger partial charge < -0.3 is 19.5 Å². The Morgan fingerprint density at radius 2 is 1.79 bits per heavy atom. The molecule has 5 heteroatoms. The number of likely N-dealkylation sites (tertiary alicyclic amines) is 2. The first-order valence-corrected chi connectivity index (χ1v) is 10.9. The zero-order chi connectivity index (χ0) is 20.0. The Balaban J connectivity index is 1.53. The lowest BCUT2D eigenvalue weighted by atomic mass is 10.0. The second kappa shape index (κ2) is 9.95. The molecule has 2 heterocycles. The van der Waals surface area contributed by atoms with E-state index in [9.17, 15) is 5.11 Å². The molecule has 2 fully saturated rings. The van der Waals surface area contributed by atoms with Crippen LogP contribution < -0.4 is 9.47 Å². The number of benzene rings is 1. The van der Waals surface area contributed by atoms with Gasteiger partial charge in [0.25, 0.3) is 0 Å². The van der Waals surface area contributed by atoms with Crippen LogP contribution in [0.15, 0.2) is 18.2 Å². The normalized spacial score (nSPS) is 22.0. The number of hydrogen-bond acceptors (Lipinski definition) is 5. The van der Waals surface area contributed by atoms with E-state index in [4.69, 9.17) is 9.47 Å². The molecule has 0 amide bonds. The Hall–Kier alpha value is -1.30. The molecule has 0 aromatic heterocycles. The van der Waals surface area contributed by atoms with Gasteiger partial charge in [-0.25, -0.2) is 0 Å². The molecule has 0 radical (unpaired) electrons. The molecule has 5 nitrogen and oxygen atoms in total. The van der Waals surface area contributed by atoms with Crippen molar-refractivity contribution < 1.29 is 14.6 Å². The number of ether oxygens (including phenoxy) is 2. The summed E-state index contributed by atoms with van der Waals surface area (Å²) in [5.74, 6) is 1.46. The van der Waals surface area contributed by atoms with Crippen LogP contribution in [0.5, 0.6) is 11.5 Å². The van der Waals surface area contributed by atoms with Crippen LogP contribution in [0.3, 0.4) is 0 Å². The van der Waals surface area contributed by atoms with Gasteiger partial charge in [0.15, 0.2) is 11.5 Å². The smallest absolute Gasteiger partial charge is 0.161 e. The molecule has 3 rings (SSSR count). The van der Waals surface area contributed by atoms with Crippen LogP contribution >= 0.6 is 0 Å². The summed E-state index contributed by atoms with van der Waals surface area (Å²) in [7, 11) is 1.68. The summed E-state index contributed by atoms with van der Waals surface area (Å²) in [6, 6.07) is 6.17. The van der Waals surface area contributed by atoms with Crippen LogP contribution in [-0.4, -0.2) is 66.4 Å². The van der Waals surface area contributed by atoms with Crippen LogP contribution in [-0.2, 0) is 6.54 Å². The van der Waals surface area contributed by atoms with Crippen LogP contribution in [0.4, 0.5) is 0 Å². The molecule has 0 bridgehead atoms. The van der Waals surface area contributed by atoms with E-state index in [1.165, 1.54) is 44.1 Å². The predicted molar refractivity (Wildman–Crippen MR) is 113 cm³/mol. The zero-order valence-electron chi connectivity index (χ0n) is 18.0. The Morgan fingerprint density at radius 1 is 1.04 bits per heavy atom. The van der Waals surface area contributed by atoms with Gasteiger partial charge in [0.2, 0.25) is 0 Å². The van der Waals surface area contributed by atoms with E-state index in [2.05, 4.69) is 35.8 Å². The van der Waals surface area contributed by atoms with E-state index >= 15 is 0 Å². The van der Waals surface area contributed by atoms with Gasteiger partial charge in [-0.15, -0.1) is 0 Å². The van der Waals surface area contributed by atoms with Gasteiger partial charge >= 0.3 is 0 Å². The quantitative estimate of drug-likeness (QED) is 0.733. The second-order valence-electron chi connectivity index (χ2n) is 9.00. The number of methoxy groups -OCH3 is 1. The second-order valence-corrected chi connectivity index (χ2v) is 9.00. The van der Waals surface area contributed by atoms with Crippen LogP contribution in [0.1, 0.15) is 57.9 Å². The van der Waals surface area contributed by atoms with Crippen LogP contribution in [0.2, 0.25) is 0 Å². The van der Waals surface area contributed by atoms with Gasteiger partial charge in [-0.05, 0) is 76.9 Å². The van der Waals surface area contributed by atoms with E-state index in [1.54, 1.807) is 7.11 Å². The number of aliphatic hydroxyl groups is 1. The molecule has 1 N–H and O–H groups in total. The van der Waals surface area contributed by atoms with Crippen molar-refractivity contribution >= 4 is 0 Å². The Kier molecular flexibility index (Phi) is 7.61. The molecule has 28 heavy (non-hydrogen) atoms. The number of β-amino-alcohol motifs (C(OH)–C–C–N with tert-alkyl or cyclic N) is 1. The third-order valence-electron chi connectivity index (χ3n) is 6.27. The summed E-state index contributed by atoms with van der Waals surface area (Å²) in [5, 5.41) is 10.4. The molecule has 0 saturated carbocycles. The average Bonchev–Trinajstić information content (AvgIpc) is 2.86. The molecule has 0 spiro atoms. The van der Waals surface area contributed by atoms with E-state index in [0.717, 1.165) is 31.9 Å². The van der Waals surface area contributed by atoms with E-state index in [1.807, 2.05) is 6.07 Å². The maximum Gasteiger partial charge on any atom is 0.161 e. The average molecular weight is 391 g/mol. The Labute approximate surface area is 170 Å². The lowest BCUT2D eigenvalue weighted by Gasteiger charge is -2.31. The largest absolute Gasteiger partial charge is 0.493 e. The third-order valence-corrected chi connectivity index (χ3v) is 6.27. The summed E-state index contributed by atoms with van der Waals surface area (Å²) in [5.41, 5.74) is 1.50. The molecule has 2 aliphatic heterocycles. The fraction of sp³-hybridized carbons (Fsp3) is 0.739. The first-order valence-electron chi connectivity index (χ1n) is 10.9. The molecule has 1 unspecified atom stereocenters. The van der Waals surface area contributed by atoms with E-state index in [0.29, 0.717) is 18.9 Å². The van der Waals surface area contributed by atoms with Crippen molar-refractivity contribution in [3.63, 3.8) is 0 Å². The topological polar surface area (TPSA) is 45.2 Å². The molecule has 158 valence electrons. The fourth-order valence-corrected chi connectivity index (χ4v) is 4.46. The van der Waals surface area contributed by atoms with Gasteiger partial charge in [-0.1, -0.05) is 18.9 Å². The van der Waals surface area contributed by atoms with Crippen molar-refractivity contribution in [2.24, 2.45) is 0 Å². The lowest BCUT2D eigenvalue weighted by molar-refractivity contribution is 0.0683. The van der Waals surface area contributed by atoms with Crippen molar-refractivity contribution in [3.8, 4) is 11.5 Å². The molecule has 2 aliphatic rings. The first-order chi connectivity index (χ1) is 13.5. The molecule has 1 atom stereocenters. The standard InChI is InChI=1S/C23H38N2O3/c1-23(2)11-8-14-25(23)16-19-9-10-21(22(15-19)27-3)28-18-20(26)17-24-12-6-4-5-7-13-24/h9-10,15,20,26H,4-8,11-14,16-18H2,1-3H3. The molecular weight excluding hydrogens is 352 g/mol. The number of nitrogens with zero attached hydrogens (tertiary/aromatic N) is 2. The summed E-state index contributed by atoms with van der Waals surface area (Å²) < 4.78 is 11.5. The fourth-order valence-electron chi connectivity index (χ4n) is 4.46. The predicted octanol–water partition coefficient (Wildman–Crippen LogP) is 3.69. The van der Waals surface area contributed by atoms with Crippen molar-refractivity contribution in [2.75, 3.05) is 39.9 Å². The number of aliphatic hydroxyl groups excluding tert-OH is 1. The maximum absolute atomic E-state index is 10.4. The highest BCUT2D eigenvalue weighted by atomic mass is 16.5. The van der Waals surface area contributed by atoms with Crippen molar-refractivity contribution in [2.45, 2.75) is 70.6 Å². The number of rotatable bonds is 8. The lowest BCUT2D eigenvalue weighted by Crippen LogP contribution is -2.37. The third kappa shape index (κ3) is 5.85. The monoisotopic (exact) mass is 390 g/mol. The minimum atomic E-state index is -0.479. The van der Waals surface area contributed by atoms with Gasteiger partial charge in [-0.3, -0.25) is 4.90 Å². The highest BCUT2D eigenvalue weighted by molar-refractivity contribution is 5.43. The summed E-state index contributed by atoms with van der Waals surface area (Å²) in [4.78, 5) is 4.90. The molecule has 0 aliphatic carbocycles. The maximum atomic E-state index is 10.4. The molecule has 1 aromatic rings. The van der Waals surface area contributed by atoms with Gasteiger partial charge in [0, 0.05) is 18.6 Å². The highest BCUT2D eigenvalue weighted by Gasteiger charge is 2.31. The highest BCUT2D eigenvalue weighted by Crippen LogP contribution is 2.33. The Morgan fingerprint density at radius 3 is 2.43 bits per heavy atom. The zero-order valence-corrected chi connectivity index (χ0v) is 18.0. The van der Waals surface area contributed by atoms with Crippen molar-refractivity contribution in [3.05, 3.63) is 23.8 Å². The molecular formula is C23H38N2O3. The minimum absolute atomic E-state index is 0.264. The van der Waals surface area contributed by atoms with Gasteiger partial charge in [0.05, 0.1) is 7.11 Å². The van der Waals surface area contributed by atoms with Crippen molar-refractivity contribution in [1.29, 1.82) is 0 Å². The van der Waals surface area contributed by atoms with Crippen LogP contribution in [0.25, 0.3) is 0 Å². The minimum Gasteiger partial charge on any atom is -0.493 e. The first kappa shape index (κ1) is 21.4. The SMILES string of the molecule is COc1cc(CN2CCCC2(C)C)ccc1OCC(O)CN1CCCCCC1. The summed E-state index contributed by atoms with van der Waals surface area (Å²) in [6.07, 6.45) is 7.11. The Bertz CT molecular complexity index is 612. The van der Waals surface area contributed by atoms with Crippen LogP contribution in [0, 0.1) is 0 Å².